The Labute approximate surface area is 95.7 Å². The Balaban J connectivity index is 4.67. The molecule has 0 aromatic carbocycles. The van der Waals surface area contributed by atoms with E-state index < -0.39 is 24.4 Å². The van der Waals surface area contributed by atoms with E-state index in [0.29, 0.717) is 0 Å². The van der Waals surface area contributed by atoms with E-state index in [1.54, 1.807) is 0 Å². The third-order valence-electron chi connectivity index (χ3n) is 2.26. The molecule has 16 heavy (non-hydrogen) atoms. The minimum absolute atomic E-state index is 0.0974. The van der Waals surface area contributed by atoms with E-state index in [9.17, 15) is 5.11 Å². The number of nitriles is 1. The van der Waals surface area contributed by atoms with Crippen molar-refractivity contribution in [2.45, 2.75) is 24.4 Å². The van der Waals surface area contributed by atoms with Crippen molar-refractivity contribution in [3.63, 3.8) is 0 Å². The lowest BCUT2D eigenvalue weighted by Crippen LogP contribution is -2.48. The first-order chi connectivity index (χ1) is 7.65. The molecule has 0 amide bonds. The van der Waals surface area contributed by atoms with Crippen LogP contribution < -0.4 is 0 Å². The van der Waals surface area contributed by atoms with Gasteiger partial charge in [-0.05, 0) is 0 Å². The van der Waals surface area contributed by atoms with E-state index in [4.69, 9.17) is 24.2 Å². The predicted octanol–water partition coefficient (Wildman–Crippen LogP) is -0.438. The third kappa shape index (κ3) is 4.04. The zero-order valence-electron chi connectivity index (χ0n) is 10.0. The van der Waals surface area contributed by atoms with Crippen molar-refractivity contribution >= 4 is 0 Å². The number of hydrogen-bond acceptors (Lipinski definition) is 6. The molecule has 6 heteroatoms. The van der Waals surface area contributed by atoms with E-state index in [1.807, 2.05) is 6.07 Å². The standard InChI is InChI=1S/C10H19NO5/c1-13-6-7(12)9(15-3)10(16-4)8(5-11)14-2/h7-10,12H,6H2,1-4H3/t7-,8+,9-,10-/m1/s1. The van der Waals surface area contributed by atoms with Gasteiger partial charge in [0.2, 0.25) is 0 Å². The molecule has 0 saturated carbocycles. The van der Waals surface area contributed by atoms with Gasteiger partial charge in [-0.2, -0.15) is 5.26 Å². The highest BCUT2D eigenvalue weighted by Crippen LogP contribution is 2.14. The second-order valence-electron chi connectivity index (χ2n) is 3.21. The number of nitrogens with zero attached hydrogens (tertiary/aromatic N) is 1. The molecule has 4 atom stereocenters. The quantitative estimate of drug-likeness (QED) is 0.612. The van der Waals surface area contributed by atoms with Crippen molar-refractivity contribution in [1.82, 2.24) is 0 Å². The molecule has 0 saturated heterocycles. The summed E-state index contributed by atoms with van der Waals surface area (Å²) in [4.78, 5) is 0. The van der Waals surface area contributed by atoms with Crippen LogP contribution in [-0.2, 0) is 18.9 Å². The molecule has 0 fully saturated rings. The molecule has 0 aromatic heterocycles. The SMILES string of the molecule is COC[C@@H](O)[C@@H](OC)[C@H](OC)[C@H](C#N)OC. The Hall–Kier alpha value is -0.710. The van der Waals surface area contributed by atoms with Crippen LogP contribution in [0.15, 0.2) is 0 Å². The normalized spacial score (nSPS) is 18.5. The van der Waals surface area contributed by atoms with Crippen molar-refractivity contribution in [2.24, 2.45) is 0 Å². The van der Waals surface area contributed by atoms with Gasteiger partial charge in [-0.3, -0.25) is 0 Å². The van der Waals surface area contributed by atoms with Crippen LogP contribution in [0.1, 0.15) is 0 Å². The summed E-state index contributed by atoms with van der Waals surface area (Å²) in [5.74, 6) is 0. The summed E-state index contributed by atoms with van der Waals surface area (Å²) >= 11 is 0. The van der Waals surface area contributed by atoms with Crippen molar-refractivity contribution in [3.05, 3.63) is 0 Å². The molecule has 0 aliphatic heterocycles. The molecular weight excluding hydrogens is 214 g/mol. The molecule has 0 aliphatic rings. The summed E-state index contributed by atoms with van der Waals surface area (Å²) in [5.41, 5.74) is 0. The molecule has 1 N–H and O–H groups in total. The van der Waals surface area contributed by atoms with Crippen LogP contribution >= 0.6 is 0 Å². The average Bonchev–Trinajstić information content (AvgIpc) is 2.29. The van der Waals surface area contributed by atoms with Gasteiger partial charge in [-0.25, -0.2) is 0 Å². The van der Waals surface area contributed by atoms with E-state index in [-0.39, 0.29) is 6.61 Å². The van der Waals surface area contributed by atoms with Crippen LogP contribution in [0.2, 0.25) is 0 Å². The largest absolute Gasteiger partial charge is 0.388 e. The monoisotopic (exact) mass is 233 g/mol. The first-order valence-corrected chi connectivity index (χ1v) is 4.81. The maximum atomic E-state index is 9.76. The van der Waals surface area contributed by atoms with Gasteiger partial charge >= 0.3 is 0 Å². The number of aliphatic hydroxyl groups excluding tert-OH is 1. The summed E-state index contributed by atoms with van der Waals surface area (Å²) < 4.78 is 20.0. The van der Waals surface area contributed by atoms with Crippen LogP contribution in [0, 0.1) is 11.3 Å². The lowest BCUT2D eigenvalue weighted by molar-refractivity contribution is -0.140. The minimum atomic E-state index is -0.883. The number of hydrogen-bond donors (Lipinski definition) is 1. The van der Waals surface area contributed by atoms with Crippen molar-refractivity contribution in [1.29, 1.82) is 5.26 Å². The summed E-state index contributed by atoms with van der Waals surface area (Å²) in [6.07, 6.45) is -3.05. The molecular formula is C10H19NO5. The first-order valence-electron chi connectivity index (χ1n) is 4.81. The molecule has 0 unspecified atom stereocenters. The minimum Gasteiger partial charge on any atom is -0.388 e. The smallest absolute Gasteiger partial charge is 0.172 e. The van der Waals surface area contributed by atoms with Gasteiger partial charge in [-0.15, -0.1) is 0 Å². The fourth-order valence-electron chi connectivity index (χ4n) is 1.47. The fourth-order valence-corrected chi connectivity index (χ4v) is 1.47. The van der Waals surface area contributed by atoms with E-state index in [2.05, 4.69) is 0 Å². The second-order valence-corrected chi connectivity index (χ2v) is 3.21. The Bertz CT molecular complexity index is 218. The highest BCUT2D eigenvalue weighted by molar-refractivity contribution is 4.96. The third-order valence-corrected chi connectivity index (χ3v) is 2.26. The maximum Gasteiger partial charge on any atom is 0.172 e. The van der Waals surface area contributed by atoms with Gasteiger partial charge in [-0.1, -0.05) is 0 Å². The van der Waals surface area contributed by atoms with Gasteiger partial charge in [0.1, 0.15) is 18.3 Å². The second kappa shape index (κ2) is 8.44. The molecule has 6 nitrogen and oxygen atoms in total. The molecule has 94 valence electrons. The molecule has 0 rings (SSSR count). The van der Waals surface area contributed by atoms with Crippen molar-refractivity contribution in [3.8, 4) is 6.07 Å². The summed E-state index contributed by atoms with van der Waals surface area (Å²) in [6, 6.07) is 1.94. The van der Waals surface area contributed by atoms with Gasteiger partial charge < -0.3 is 24.1 Å². The van der Waals surface area contributed by atoms with Gasteiger partial charge in [0.15, 0.2) is 6.10 Å². The van der Waals surface area contributed by atoms with Crippen molar-refractivity contribution in [2.75, 3.05) is 35.0 Å². The molecule has 0 radical (unpaired) electrons. The van der Waals surface area contributed by atoms with Crippen LogP contribution in [0.3, 0.4) is 0 Å². The summed E-state index contributed by atoms with van der Waals surface area (Å²) in [5, 5.41) is 18.6. The Morgan fingerprint density at radius 2 is 1.62 bits per heavy atom. The Morgan fingerprint density at radius 1 is 1.06 bits per heavy atom. The van der Waals surface area contributed by atoms with Crippen LogP contribution in [-0.4, -0.2) is 64.6 Å². The summed E-state index contributed by atoms with van der Waals surface area (Å²) in [7, 11) is 5.73. The zero-order chi connectivity index (χ0) is 12.6. The van der Waals surface area contributed by atoms with Gasteiger partial charge in [0.05, 0.1) is 12.7 Å². The van der Waals surface area contributed by atoms with E-state index >= 15 is 0 Å². The average molecular weight is 233 g/mol. The number of rotatable bonds is 8. The molecule has 0 spiro atoms. The van der Waals surface area contributed by atoms with Gasteiger partial charge in [0.25, 0.3) is 0 Å². The van der Waals surface area contributed by atoms with Crippen LogP contribution in [0.25, 0.3) is 0 Å². The maximum absolute atomic E-state index is 9.76. The summed E-state index contributed by atoms with van der Waals surface area (Å²) in [6.45, 7) is 0.0974. The molecule has 0 aromatic rings. The highest BCUT2D eigenvalue weighted by Gasteiger charge is 2.35. The van der Waals surface area contributed by atoms with E-state index in [1.165, 1.54) is 28.4 Å². The topological polar surface area (TPSA) is 80.9 Å². The van der Waals surface area contributed by atoms with Crippen molar-refractivity contribution < 1.29 is 24.1 Å². The number of aliphatic hydroxyl groups is 1. The van der Waals surface area contributed by atoms with E-state index in [0.717, 1.165) is 0 Å². The molecule has 0 bridgehead atoms. The number of methoxy groups -OCH3 is 4. The zero-order valence-corrected chi connectivity index (χ0v) is 10.0. The number of ether oxygens (including phenoxy) is 4. The fraction of sp³-hybridized carbons (Fsp3) is 0.900. The molecule has 0 aliphatic carbocycles. The highest BCUT2D eigenvalue weighted by atomic mass is 16.6. The Morgan fingerprint density at radius 3 is 1.94 bits per heavy atom. The predicted molar refractivity (Wildman–Crippen MR) is 55.9 cm³/mol. The molecule has 0 heterocycles. The van der Waals surface area contributed by atoms with Crippen LogP contribution in [0.4, 0.5) is 0 Å². The lowest BCUT2D eigenvalue weighted by Gasteiger charge is -2.30. The van der Waals surface area contributed by atoms with Gasteiger partial charge in [0, 0.05) is 28.4 Å². The first kappa shape index (κ1) is 15.3. The van der Waals surface area contributed by atoms with Crippen LogP contribution in [0.5, 0.6) is 0 Å². The lowest BCUT2D eigenvalue weighted by atomic mass is 10.0. The Kier molecular flexibility index (Phi) is 8.07.